The highest BCUT2D eigenvalue weighted by molar-refractivity contribution is 5.15. The normalized spacial score (nSPS) is 15.6. The third-order valence-electron chi connectivity index (χ3n) is 3.51. The zero-order chi connectivity index (χ0) is 21.9. The van der Waals surface area contributed by atoms with E-state index in [9.17, 15) is 57.1 Å². The molecule has 0 aromatic carbocycles. The van der Waals surface area contributed by atoms with Crippen LogP contribution >= 0.6 is 0 Å². The molecule has 0 heterocycles. The van der Waals surface area contributed by atoms with Crippen molar-refractivity contribution in [1.82, 2.24) is 0 Å². The maximum absolute atomic E-state index is 13.3. The lowest BCUT2D eigenvalue weighted by molar-refractivity contribution is -0.436. The Hall–Kier alpha value is -1.17. The summed E-state index contributed by atoms with van der Waals surface area (Å²) in [6, 6.07) is 0. The number of halogens is 13. The Kier molecular flexibility index (Phi) is 7.71. The highest BCUT2D eigenvalue weighted by Crippen LogP contribution is 2.60. The van der Waals surface area contributed by atoms with E-state index in [-0.39, 0.29) is 18.9 Å². The molecule has 0 saturated carbocycles. The summed E-state index contributed by atoms with van der Waals surface area (Å²) in [5.74, 6) is -36.6. The molecular weight excluding hydrogens is 415 g/mol. The van der Waals surface area contributed by atoms with Gasteiger partial charge in [-0.2, -0.15) is 57.1 Å². The van der Waals surface area contributed by atoms with Crippen molar-refractivity contribution in [2.45, 2.75) is 74.8 Å². The summed E-state index contributed by atoms with van der Waals surface area (Å²) >= 11 is 0. The van der Waals surface area contributed by atoms with Gasteiger partial charge in [0.1, 0.15) is 0 Å². The summed E-state index contributed by atoms with van der Waals surface area (Å²) < 4.78 is 166. The lowest BCUT2D eigenvalue weighted by atomic mass is 9.93. The summed E-state index contributed by atoms with van der Waals surface area (Å²) in [7, 11) is 0. The van der Waals surface area contributed by atoms with Crippen LogP contribution in [0.15, 0.2) is 12.2 Å². The molecule has 0 aromatic rings. The number of unbranched alkanes of at least 4 members (excludes halogenated alkanes) is 4. The predicted octanol–water partition coefficient (Wildman–Crippen LogP) is 7.25. The molecular formula is C14H15F13. The lowest BCUT2D eigenvalue weighted by Crippen LogP contribution is -2.69. The van der Waals surface area contributed by atoms with Gasteiger partial charge in [-0.1, -0.05) is 32.3 Å². The maximum Gasteiger partial charge on any atom is 0.460 e. The lowest BCUT2D eigenvalue weighted by Gasteiger charge is -2.39. The Bertz CT molecular complexity index is 502. The van der Waals surface area contributed by atoms with Crippen LogP contribution in [0, 0.1) is 0 Å². The van der Waals surface area contributed by atoms with Crippen LogP contribution < -0.4 is 0 Å². The van der Waals surface area contributed by atoms with Gasteiger partial charge in [-0.05, 0) is 18.9 Å². The summed E-state index contributed by atoms with van der Waals surface area (Å²) in [6.45, 7) is 1.77. The van der Waals surface area contributed by atoms with Crippen molar-refractivity contribution in [2.75, 3.05) is 0 Å². The fourth-order valence-electron chi connectivity index (χ4n) is 1.81. The topological polar surface area (TPSA) is 0 Å². The minimum Gasteiger partial charge on any atom is -0.195 e. The molecule has 0 rings (SSSR count). The van der Waals surface area contributed by atoms with Crippen LogP contribution in [0.25, 0.3) is 0 Å². The van der Waals surface area contributed by atoms with Crippen molar-refractivity contribution < 1.29 is 57.1 Å². The highest BCUT2D eigenvalue weighted by atomic mass is 19.4. The predicted molar refractivity (Wildman–Crippen MR) is 68.7 cm³/mol. The summed E-state index contributed by atoms with van der Waals surface area (Å²) in [5.41, 5.74) is 0. The number of hydrogen-bond donors (Lipinski definition) is 0. The van der Waals surface area contributed by atoms with E-state index < -0.39 is 41.9 Å². The first-order valence-corrected chi connectivity index (χ1v) is 7.44. The standard InChI is InChI=1S/C14H15F13/c1-2-3-4-5-6-7-8-9(15,16)10(17,18)11(19,20)12(21,22)13(23,24)14(25,26)27/h7-8H,2-6H2,1H3/b8-7-. The quantitative estimate of drug-likeness (QED) is 0.195. The van der Waals surface area contributed by atoms with Gasteiger partial charge in [0.25, 0.3) is 0 Å². The molecule has 0 aliphatic carbocycles. The van der Waals surface area contributed by atoms with Gasteiger partial charge < -0.3 is 0 Å². The van der Waals surface area contributed by atoms with Gasteiger partial charge in [-0.15, -0.1) is 0 Å². The number of alkyl halides is 13. The third kappa shape index (κ3) is 4.64. The van der Waals surface area contributed by atoms with Crippen LogP contribution in [0.1, 0.15) is 39.0 Å². The molecule has 0 nitrogen and oxygen atoms in total. The molecule has 0 bridgehead atoms. The zero-order valence-corrected chi connectivity index (χ0v) is 13.6. The Labute approximate surface area is 145 Å². The second-order valence-corrected chi connectivity index (χ2v) is 5.67. The van der Waals surface area contributed by atoms with Gasteiger partial charge in [-0.3, -0.25) is 0 Å². The Balaban J connectivity index is 5.71. The summed E-state index contributed by atoms with van der Waals surface area (Å²) in [5, 5.41) is 0. The molecule has 27 heavy (non-hydrogen) atoms. The van der Waals surface area contributed by atoms with E-state index in [0.29, 0.717) is 19.3 Å². The van der Waals surface area contributed by atoms with Gasteiger partial charge in [0.05, 0.1) is 0 Å². The van der Waals surface area contributed by atoms with Gasteiger partial charge in [-0.25, -0.2) is 0 Å². The summed E-state index contributed by atoms with van der Waals surface area (Å²) in [6.07, 6.45) is -6.51. The van der Waals surface area contributed by atoms with Gasteiger partial charge in [0.15, 0.2) is 0 Å². The van der Waals surface area contributed by atoms with Crippen LogP contribution in [0.2, 0.25) is 0 Å². The second kappa shape index (κ2) is 8.06. The monoisotopic (exact) mass is 430 g/mol. The van der Waals surface area contributed by atoms with Crippen molar-refractivity contribution in [2.24, 2.45) is 0 Å². The highest BCUT2D eigenvalue weighted by Gasteiger charge is 2.90. The van der Waals surface area contributed by atoms with Gasteiger partial charge >= 0.3 is 35.8 Å². The fourth-order valence-corrected chi connectivity index (χ4v) is 1.81. The Morgan fingerprint density at radius 3 is 1.41 bits per heavy atom. The Morgan fingerprint density at radius 2 is 1.00 bits per heavy atom. The van der Waals surface area contributed by atoms with Crippen molar-refractivity contribution in [3.05, 3.63) is 12.2 Å². The molecule has 0 radical (unpaired) electrons. The van der Waals surface area contributed by atoms with E-state index in [2.05, 4.69) is 0 Å². The third-order valence-corrected chi connectivity index (χ3v) is 3.51. The molecule has 0 saturated heterocycles. The van der Waals surface area contributed by atoms with Crippen LogP contribution in [-0.2, 0) is 0 Å². The van der Waals surface area contributed by atoms with Crippen LogP contribution in [0.3, 0.4) is 0 Å². The zero-order valence-electron chi connectivity index (χ0n) is 13.6. The molecule has 0 aliphatic heterocycles. The average Bonchev–Trinajstić information content (AvgIpc) is 2.48. The van der Waals surface area contributed by atoms with Crippen molar-refractivity contribution in [3.8, 4) is 0 Å². The van der Waals surface area contributed by atoms with Crippen LogP contribution in [-0.4, -0.2) is 35.8 Å². The first-order chi connectivity index (χ1) is 11.8. The minimum atomic E-state index is -7.85. The first-order valence-electron chi connectivity index (χ1n) is 7.44. The molecule has 0 N–H and O–H groups in total. The van der Waals surface area contributed by atoms with Gasteiger partial charge in [0.2, 0.25) is 0 Å². The molecule has 0 amide bonds. The molecule has 0 fully saturated rings. The molecule has 13 heteroatoms. The van der Waals surface area contributed by atoms with Crippen molar-refractivity contribution in [1.29, 1.82) is 0 Å². The molecule has 0 unspecified atom stereocenters. The Morgan fingerprint density at radius 1 is 0.556 bits per heavy atom. The minimum absolute atomic E-state index is 0.144. The van der Waals surface area contributed by atoms with E-state index in [0.717, 1.165) is 0 Å². The molecule has 162 valence electrons. The second-order valence-electron chi connectivity index (χ2n) is 5.67. The first kappa shape index (κ1) is 25.8. The largest absolute Gasteiger partial charge is 0.460 e. The molecule has 0 spiro atoms. The van der Waals surface area contributed by atoms with E-state index in [1.165, 1.54) is 0 Å². The SMILES string of the molecule is CCCCCC/C=C\C(F)(F)C(F)(F)C(F)(F)C(F)(F)C(F)(F)C(F)(F)F. The van der Waals surface area contributed by atoms with Crippen LogP contribution in [0.5, 0.6) is 0 Å². The molecule has 0 aliphatic rings. The van der Waals surface area contributed by atoms with Crippen LogP contribution in [0.4, 0.5) is 57.1 Å². The average molecular weight is 430 g/mol. The van der Waals surface area contributed by atoms with E-state index >= 15 is 0 Å². The van der Waals surface area contributed by atoms with E-state index in [4.69, 9.17) is 0 Å². The maximum atomic E-state index is 13.3. The van der Waals surface area contributed by atoms with E-state index in [1.807, 2.05) is 0 Å². The van der Waals surface area contributed by atoms with E-state index in [1.54, 1.807) is 6.92 Å². The number of hydrogen-bond acceptors (Lipinski definition) is 0. The van der Waals surface area contributed by atoms with Gasteiger partial charge in [0, 0.05) is 0 Å². The summed E-state index contributed by atoms with van der Waals surface area (Å²) in [4.78, 5) is 0. The fraction of sp³-hybridized carbons (Fsp3) is 0.857. The molecule has 0 atom stereocenters. The van der Waals surface area contributed by atoms with Crippen molar-refractivity contribution in [3.63, 3.8) is 0 Å². The number of rotatable bonds is 10. The molecule has 0 aromatic heterocycles. The van der Waals surface area contributed by atoms with Crippen molar-refractivity contribution >= 4 is 0 Å². The number of allylic oxidation sites excluding steroid dienone is 2. The smallest absolute Gasteiger partial charge is 0.195 e.